The van der Waals surface area contributed by atoms with Crippen LogP contribution in [0.5, 0.6) is 0 Å². The topological polar surface area (TPSA) is 86.8 Å². The van der Waals surface area contributed by atoms with Crippen molar-refractivity contribution >= 4 is 27.5 Å². The zero-order valence-corrected chi connectivity index (χ0v) is 21.3. The van der Waals surface area contributed by atoms with Gasteiger partial charge in [-0.3, -0.25) is 13.9 Å². The molecular weight excluding hydrogens is 476 g/mol. The van der Waals surface area contributed by atoms with Crippen LogP contribution in [0.3, 0.4) is 0 Å². The Hall–Kier alpha value is -3.01. The normalized spacial score (nSPS) is 13.1. The van der Waals surface area contributed by atoms with Gasteiger partial charge in [-0.2, -0.15) is 0 Å². The first kappa shape index (κ1) is 28.2. The summed E-state index contributed by atoms with van der Waals surface area (Å²) in [6, 6.07) is 10.3. The number of halogens is 2. The molecule has 0 bridgehead atoms. The lowest BCUT2D eigenvalue weighted by molar-refractivity contribution is -0.140. The molecule has 192 valence electrons. The molecule has 0 spiro atoms. The summed E-state index contributed by atoms with van der Waals surface area (Å²) in [5.41, 5.74) is 0.555. The molecule has 0 saturated heterocycles. The van der Waals surface area contributed by atoms with Crippen LogP contribution >= 0.6 is 0 Å². The molecule has 0 aliphatic rings. The molecule has 0 saturated carbocycles. The van der Waals surface area contributed by atoms with Crippen molar-refractivity contribution in [1.29, 1.82) is 0 Å². The van der Waals surface area contributed by atoms with Crippen LogP contribution in [0.2, 0.25) is 0 Å². The van der Waals surface area contributed by atoms with Crippen LogP contribution in [0.4, 0.5) is 14.5 Å². The summed E-state index contributed by atoms with van der Waals surface area (Å²) in [7, 11) is -3.79. The minimum atomic E-state index is -3.79. The number of sulfonamides is 1. The summed E-state index contributed by atoms with van der Waals surface area (Å²) in [6.45, 7) is 5.38. The molecule has 0 radical (unpaired) electrons. The highest BCUT2D eigenvalue weighted by molar-refractivity contribution is 7.92. The Kier molecular flexibility index (Phi) is 10.2. The average Bonchev–Trinajstić information content (AvgIpc) is 2.80. The van der Waals surface area contributed by atoms with Crippen molar-refractivity contribution in [1.82, 2.24) is 10.2 Å². The van der Waals surface area contributed by atoms with E-state index in [9.17, 15) is 26.8 Å². The van der Waals surface area contributed by atoms with Crippen LogP contribution < -0.4 is 9.62 Å². The van der Waals surface area contributed by atoms with E-state index in [2.05, 4.69) is 5.32 Å². The Bertz CT molecular complexity index is 1110. The van der Waals surface area contributed by atoms with E-state index in [1.807, 2.05) is 13.8 Å². The average molecular weight is 510 g/mol. The number of amides is 2. The van der Waals surface area contributed by atoms with Crippen LogP contribution in [-0.2, 0) is 26.2 Å². The number of hydrogen-bond donors (Lipinski definition) is 1. The molecule has 0 aromatic heterocycles. The van der Waals surface area contributed by atoms with Gasteiger partial charge >= 0.3 is 0 Å². The van der Waals surface area contributed by atoms with Crippen molar-refractivity contribution in [2.45, 2.75) is 58.7 Å². The number of hydrogen-bond acceptors (Lipinski definition) is 4. The molecule has 0 fully saturated rings. The Morgan fingerprint density at radius 3 is 2.23 bits per heavy atom. The molecule has 0 unspecified atom stereocenters. The number of para-hydroxylation sites is 1. The van der Waals surface area contributed by atoms with E-state index >= 15 is 0 Å². The second-order valence-corrected chi connectivity index (χ2v) is 10.4. The lowest BCUT2D eigenvalue weighted by atomic mass is 10.1. The van der Waals surface area contributed by atoms with Gasteiger partial charge in [-0.15, -0.1) is 0 Å². The molecule has 7 nitrogen and oxygen atoms in total. The molecule has 0 aliphatic heterocycles. The molecular formula is C25H33F2N3O4S. The molecule has 10 heteroatoms. The minimum Gasteiger partial charge on any atom is -0.352 e. The second-order valence-electron chi connectivity index (χ2n) is 8.53. The van der Waals surface area contributed by atoms with Gasteiger partial charge < -0.3 is 10.2 Å². The molecule has 0 aliphatic carbocycles. The van der Waals surface area contributed by atoms with Crippen molar-refractivity contribution in [3.63, 3.8) is 0 Å². The maximum Gasteiger partial charge on any atom is 0.242 e. The fourth-order valence-electron chi connectivity index (χ4n) is 3.47. The van der Waals surface area contributed by atoms with Crippen molar-refractivity contribution in [3.05, 3.63) is 65.7 Å². The van der Waals surface area contributed by atoms with Gasteiger partial charge in [0.15, 0.2) is 0 Å². The SMILES string of the molecule is CC[C@H](C)NC(=O)[C@@H](C)N(Cc1ccc(F)cc1)C(=O)CCCN(c1ccccc1F)S(C)(=O)=O. The van der Waals surface area contributed by atoms with E-state index in [1.54, 1.807) is 19.1 Å². The summed E-state index contributed by atoms with van der Waals surface area (Å²) >= 11 is 0. The number of rotatable bonds is 12. The van der Waals surface area contributed by atoms with Gasteiger partial charge in [0.05, 0.1) is 11.9 Å². The molecule has 2 atom stereocenters. The predicted octanol–water partition coefficient (Wildman–Crippen LogP) is 3.84. The van der Waals surface area contributed by atoms with Crippen LogP contribution in [0.25, 0.3) is 0 Å². The predicted molar refractivity (Wildman–Crippen MR) is 132 cm³/mol. The number of benzene rings is 2. The smallest absolute Gasteiger partial charge is 0.242 e. The summed E-state index contributed by atoms with van der Waals surface area (Å²) < 4.78 is 53.0. The maximum atomic E-state index is 14.2. The first-order chi connectivity index (χ1) is 16.4. The van der Waals surface area contributed by atoms with Gasteiger partial charge in [0.25, 0.3) is 0 Å². The quantitative estimate of drug-likeness (QED) is 0.471. The van der Waals surface area contributed by atoms with E-state index in [0.29, 0.717) is 5.56 Å². The Morgan fingerprint density at radius 1 is 1.03 bits per heavy atom. The van der Waals surface area contributed by atoms with Crippen LogP contribution in [0.1, 0.15) is 45.6 Å². The van der Waals surface area contributed by atoms with Crippen molar-refractivity contribution in [3.8, 4) is 0 Å². The minimum absolute atomic E-state index is 0.0668. The number of nitrogens with zero attached hydrogens (tertiary/aromatic N) is 2. The van der Waals surface area contributed by atoms with Crippen LogP contribution in [0, 0.1) is 11.6 Å². The molecule has 2 rings (SSSR count). The lowest BCUT2D eigenvalue weighted by Crippen LogP contribution is -2.49. The summed E-state index contributed by atoms with van der Waals surface area (Å²) in [5.74, 6) is -1.79. The highest BCUT2D eigenvalue weighted by Gasteiger charge is 2.27. The third-order valence-electron chi connectivity index (χ3n) is 5.71. The number of nitrogens with one attached hydrogen (secondary N) is 1. The lowest BCUT2D eigenvalue weighted by Gasteiger charge is -2.30. The third kappa shape index (κ3) is 8.31. The van der Waals surface area contributed by atoms with Gasteiger partial charge in [0.1, 0.15) is 17.7 Å². The van der Waals surface area contributed by atoms with Gasteiger partial charge in [-0.25, -0.2) is 17.2 Å². The highest BCUT2D eigenvalue weighted by atomic mass is 32.2. The Morgan fingerprint density at radius 2 is 1.66 bits per heavy atom. The van der Waals surface area contributed by atoms with E-state index in [-0.39, 0.29) is 49.5 Å². The zero-order valence-electron chi connectivity index (χ0n) is 20.5. The van der Waals surface area contributed by atoms with E-state index in [4.69, 9.17) is 0 Å². The fourth-order valence-corrected chi connectivity index (χ4v) is 4.44. The van der Waals surface area contributed by atoms with Crippen molar-refractivity contribution in [2.24, 2.45) is 0 Å². The highest BCUT2D eigenvalue weighted by Crippen LogP contribution is 2.22. The Labute approximate surface area is 206 Å². The Balaban J connectivity index is 2.17. The van der Waals surface area contributed by atoms with Crippen molar-refractivity contribution in [2.75, 3.05) is 17.1 Å². The van der Waals surface area contributed by atoms with Crippen LogP contribution in [0.15, 0.2) is 48.5 Å². The molecule has 2 aromatic carbocycles. The largest absolute Gasteiger partial charge is 0.352 e. The number of carbonyl (C=O) groups excluding carboxylic acids is 2. The zero-order chi connectivity index (χ0) is 26.2. The number of anilines is 1. The summed E-state index contributed by atoms with van der Waals surface area (Å²) in [5, 5.41) is 2.86. The standard InChI is InChI=1S/C25H33F2N3O4S/c1-5-18(2)28-25(32)19(3)29(17-20-12-14-21(26)15-13-20)24(31)11-8-16-30(35(4,33)34)23-10-7-6-9-22(23)27/h6-7,9-10,12-15,18-19H,5,8,11,16-17H2,1-4H3,(H,28,32)/t18-,19+/m0/s1. The number of carbonyl (C=O) groups is 2. The fraction of sp³-hybridized carbons (Fsp3) is 0.440. The van der Waals surface area contributed by atoms with Gasteiger partial charge in [0, 0.05) is 25.6 Å². The van der Waals surface area contributed by atoms with Crippen molar-refractivity contribution < 1.29 is 26.8 Å². The molecule has 2 amide bonds. The third-order valence-corrected chi connectivity index (χ3v) is 6.89. The van der Waals surface area contributed by atoms with E-state index in [1.165, 1.54) is 41.3 Å². The molecule has 2 aromatic rings. The molecule has 35 heavy (non-hydrogen) atoms. The first-order valence-electron chi connectivity index (χ1n) is 11.5. The summed E-state index contributed by atoms with van der Waals surface area (Å²) in [6.07, 6.45) is 1.74. The van der Waals surface area contributed by atoms with Gasteiger partial charge in [0.2, 0.25) is 21.8 Å². The molecule has 1 N–H and O–H groups in total. The maximum absolute atomic E-state index is 14.2. The van der Waals surface area contributed by atoms with Crippen LogP contribution in [-0.4, -0.2) is 50.0 Å². The molecule has 0 heterocycles. The van der Waals surface area contributed by atoms with Gasteiger partial charge in [-0.05, 0) is 56.5 Å². The van der Waals surface area contributed by atoms with E-state index in [0.717, 1.165) is 17.0 Å². The van der Waals surface area contributed by atoms with E-state index < -0.39 is 27.7 Å². The second kappa shape index (κ2) is 12.6. The van der Waals surface area contributed by atoms with Gasteiger partial charge in [-0.1, -0.05) is 31.2 Å². The monoisotopic (exact) mass is 509 g/mol. The summed E-state index contributed by atoms with van der Waals surface area (Å²) in [4.78, 5) is 27.3. The first-order valence-corrected chi connectivity index (χ1v) is 13.3.